The first-order valence-electron chi connectivity index (χ1n) is 5.48. The summed E-state index contributed by atoms with van der Waals surface area (Å²) in [5.74, 6) is 6.31. The molecule has 0 fully saturated rings. The van der Waals surface area contributed by atoms with E-state index < -0.39 is 0 Å². The molecule has 0 amide bonds. The molecule has 0 atom stereocenters. The van der Waals surface area contributed by atoms with Gasteiger partial charge in [-0.2, -0.15) is 0 Å². The number of ether oxygens (including phenoxy) is 1. The van der Waals surface area contributed by atoms with Gasteiger partial charge < -0.3 is 9.75 Å². The second-order valence-electron chi connectivity index (χ2n) is 3.81. The average molecular weight is 264 g/mol. The van der Waals surface area contributed by atoms with Crippen LogP contribution in [0.5, 0.6) is 5.88 Å². The van der Waals surface area contributed by atoms with E-state index in [1.165, 1.54) is 5.01 Å². The van der Waals surface area contributed by atoms with E-state index in [-0.39, 0.29) is 0 Å². The fourth-order valence-corrected chi connectivity index (χ4v) is 1.82. The lowest BCUT2D eigenvalue weighted by Crippen LogP contribution is -2.26. The molecule has 0 saturated heterocycles. The Labute approximate surface area is 111 Å². The molecule has 1 heterocycles. The van der Waals surface area contributed by atoms with E-state index in [2.05, 4.69) is 4.98 Å². The van der Waals surface area contributed by atoms with Crippen LogP contribution in [0.3, 0.4) is 0 Å². The smallest absolute Gasteiger partial charge is 0.213 e. The molecule has 0 unspecified atom stereocenters. The lowest BCUT2D eigenvalue weighted by Gasteiger charge is -2.18. The molecule has 2 aromatic rings. The minimum Gasteiger partial charge on any atom is -0.473 e. The molecule has 0 saturated carbocycles. The average Bonchev–Trinajstić information content (AvgIpc) is 2.38. The highest BCUT2D eigenvalue weighted by atomic mass is 35.5. The highest BCUT2D eigenvalue weighted by molar-refractivity contribution is 6.31. The summed E-state index contributed by atoms with van der Waals surface area (Å²) < 4.78 is 5.59. The van der Waals surface area contributed by atoms with Gasteiger partial charge in [0.1, 0.15) is 6.61 Å². The minimum absolute atomic E-state index is 0.327. The van der Waals surface area contributed by atoms with E-state index in [0.29, 0.717) is 17.5 Å². The Hall–Kier alpha value is -1.78. The number of hydrazine groups is 1. The van der Waals surface area contributed by atoms with E-state index in [9.17, 15) is 0 Å². The van der Waals surface area contributed by atoms with Crippen molar-refractivity contribution in [2.24, 2.45) is 5.84 Å². The molecule has 94 valence electrons. The van der Waals surface area contributed by atoms with Crippen LogP contribution in [0.15, 0.2) is 42.6 Å². The van der Waals surface area contributed by atoms with E-state index in [1.54, 1.807) is 19.3 Å². The molecule has 0 aliphatic heterocycles. The van der Waals surface area contributed by atoms with Crippen molar-refractivity contribution < 1.29 is 4.74 Å². The van der Waals surface area contributed by atoms with Crippen LogP contribution in [0.1, 0.15) is 5.56 Å². The van der Waals surface area contributed by atoms with Gasteiger partial charge in [0, 0.05) is 29.9 Å². The Balaban J connectivity index is 2.19. The topological polar surface area (TPSA) is 51.4 Å². The fraction of sp³-hybridized carbons (Fsp3) is 0.154. The standard InChI is InChI=1S/C13H14ClN3O/c1-17(15)12-6-4-5-11(14)10(12)9-18-13-7-2-3-8-16-13/h2-8H,9,15H2,1H3. The summed E-state index contributed by atoms with van der Waals surface area (Å²) in [6, 6.07) is 11.1. The number of hydrogen-bond donors (Lipinski definition) is 1. The highest BCUT2D eigenvalue weighted by Crippen LogP contribution is 2.26. The molecule has 1 aromatic carbocycles. The Bertz CT molecular complexity index is 517. The van der Waals surface area contributed by atoms with E-state index in [4.69, 9.17) is 22.2 Å². The summed E-state index contributed by atoms with van der Waals surface area (Å²) in [7, 11) is 1.76. The van der Waals surface area contributed by atoms with Crippen molar-refractivity contribution in [3.63, 3.8) is 0 Å². The van der Waals surface area contributed by atoms with Crippen LogP contribution in [-0.2, 0) is 6.61 Å². The van der Waals surface area contributed by atoms with Crippen LogP contribution in [0, 0.1) is 0 Å². The van der Waals surface area contributed by atoms with E-state index >= 15 is 0 Å². The predicted octanol–water partition coefficient (Wildman–Crippen LogP) is 2.62. The first-order chi connectivity index (χ1) is 8.68. The van der Waals surface area contributed by atoms with Crippen LogP contribution in [0.2, 0.25) is 5.02 Å². The number of nitrogens with zero attached hydrogens (tertiary/aromatic N) is 2. The number of halogens is 1. The molecule has 0 radical (unpaired) electrons. The van der Waals surface area contributed by atoms with Gasteiger partial charge >= 0.3 is 0 Å². The van der Waals surface area contributed by atoms with Gasteiger partial charge in [0.25, 0.3) is 0 Å². The quantitative estimate of drug-likeness (QED) is 0.681. The molecule has 2 rings (SSSR count). The number of hydrogen-bond acceptors (Lipinski definition) is 4. The zero-order valence-corrected chi connectivity index (χ0v) is 10.8. The van der Waals surface area contributed by atoms with Crippen LogP contribution < -0.4 is 15.6 Å². The number of anilines is 1. The third-order valence-electron chi connectivity index (χ3n) is 2.48. The third-order valence-corrected chi connectivity index (χ3v) is 2.83. The molecule has 5 heteroatoms. The first-order valence-corrected chi connectivity index (χ1v) is 5.86. The maximum absolute atomic E-state index is 6.16. The van der Waals surface area contributed by atoms with Crippen molar-refractivity contribution >= 4 is 17.3 Å². The summed E-state index contributed by atoms with van der Waals surface area (Å²) >= 11 is 6.16. The first kappa shape index (κ1) is 12.7. The van der Waals surface area contributed by atoms with Gasteiger partial charge in [0.15, 0.2) is 0 Å². The molecule has 18 heavy (non-hydrogen) atoms. The number of aromatic nitrogens is 1. The van der Waals surface area contributed by atoms with E-state index in [0.717, 1.165) is 11.3 Å². The van der Waals surface area contributed by atoms with Crippen molar-refractivity contribution in [3.8, 4) is 5.88 Å². The van der Waals surface area contributed by atoms with Crippen molar-refractivity contribution in [1.82, 2.24) is 4.98 Å². The molecule has 0 bridgehead atoms. The van der Waals surface area contributed by atoms with Crippen molar-refractivity contribution in [1.29, 1.82) is 0 Å². The van der Waals surface area contributed by atoms with Gasteiger partial charge in [-0.05, 0) is 18.2 Å². The Morgan fingerprint density at radius 2 is 2.11 bits per heavy atom. The number of nitrogens with two attached hydrogens (primary N) is 1. The lowest BCUT2D eigenvalue weighted by molar-refractivity contribution is 0.294. The zero-order valence-electron chi connectivity index (χ0n) is 10.0. The number of benzene rings is 1. The SMILES string of the molecule is CN(N)c1cccc(Cl)c1COc1ccccn1. The van der Waals surface area contributed by atoms with Crippen LogP contribution >= 0.6 is 11.6 Å². The Kier molecular flexibility index (Phi) is 4.02. The maximum Gasteiger partial charge on any atom is 0.213 e. The maximum atomic E-state index is 6.16. The van der Waals surface area contributed by atoms with Gasteiger partial charge in [-0.3, -0.25) is 0 Å². The van der Waals surface area contributed by atoms with Crippen LogP contribution in [-0.4, -0.2) is 12.0 Å². The van der Waals surface area contributed by atoms with Crippen molar-refractivity contribution in [3.05, 3.63) is 53.2 Å². The molecular weight excluding hydrogens is 250 g/mol. The van der Waals surface area contributed by atoms with Crippen molar-refractivity contribution in [2.75, 3.05) is 12.1 Å². The molecule has 0 aliphatic rings. The molecule has 1 aromatic heterocycles. The van der Waals surface area contributed by atoms with Gasteiger partial charge in [0.05, 0.1) is 5.69 Å². The van der Waals surface area contributed by atoms with Gasteiger partial charge in [-0.25, -0.2) is 10.8 Å². The molecule has 2 N–H and O–H groups in total. The van der Waals surface area contributed by atoms with Crippen molar-refractivity contribution in [2.45, 2.75) is 6.61 Å². The fourth-order valence-electron chi connectivity index (χ4n) is 1.60. The van der Waals surface area contributed by atoms with Gasteiger partial charge in [0.2, 0.25) is 5.88 Å². The predicted molar refractivity (Wildman–Crippen MR) is 72.6 cm³/mol. The lowest BCUT2D eigenvalue weighted by atomic mass is 10.2. The van der Waals surface area contributed by atoms with Gasteiger partial charge in [-0.1, -0.05) is 23.7 Å². The molecule has 4 nitrogen and oxygen atoms in total. The highest BCUT2D eigenvalue weighted by Gasteiger charge is 2.10. The van der Waals surface area contributed by atoms with Crippen LogP contribution in [0.4, 0.5) is 5.69 Å². The monoisotopic (exact) mass is 263 g/mol. The Morgan fingerprint density at radius 1 is 1.28 bits per heavy atom. The second-order valence-corrected chi connectivity index (χ2v) is 4.21. The number of pyridine rings is 1. The summed E-state index contributed by atoms with van der Waals surface area (Å²) in [5, 5.41) is 2.14. The summed E-state index contributed by atoms with van der Waals surface area (Å²) in [6.45, 7) is 0.327. The molecule has 0 spiro atoms. The molecular formula is C13H14ClN3O. The minimum atomic E-state index is 0.327. The Morgan fingerprint density at radius 3 is 2.78 bits per heavy atom. The third kappa shape index (κ3) is 2.91. The largest absolute Gasteiger partial charge is 0.473 e. The zero-order chi connectivity index (χ0) is 13.0. The molecule has 0 aliphatic carbocycles. The van der Waals surface area contributed by atoms with Gasteiger partial charge in [-0.15, -0.1) is 0 Å². The summed E-state index contributed by atoms with van der Waals surface area (Å²) in [5.41, 5.74) is 1.67. The summed E-state index contributed by atoms with van der Waals surface area (Å²) in [6.07, 6.45) is 1.68. The summed E-state index contributed by atoms with van der Waals surface area (Å²) in [4.78, 5) is 4.09. The second kappa shape index (κ2) is 5.71. The van der Waals surface area contributed by atoms with E-state index in [1.807, 2.05) is 30.3 Å². The number of rotatable bonds is 4. The normalized spacial score (nSPS) is 10.2. The van der Waals surface area contributed by atoms with Crippen LogP contribution in [0.25, 0.3) is 0 Å².